The number of likely N-dealkylation sites (tertiary alicyclic amines) is 1. The molecule has 0 aromatic carbocycles. The van der Waals surface area contributed by atoms with Gasteiger partial charge in [-0.3, -0.25) is 4.90 Å². The number of nitrogens with zero attached hydrogens (tertiary/aromatic N) is 1. The molecule has 2 unspecified atom stereocenters. The first-order valence-corrected chi connectivity index (χ1v) is 8.04. The standard InChI is InChI=1S/C16H29NO/c1-14-6-5-9-16(10-14,13-18)17-11-15(12-17)7-3-2-4-8-15/h14,18H,2-13H2,1H3. The summed E-state index contributed by atoms with van der Waals surface area (Å²) >= 11 is 0. The molecule has 104 valence electrons. The highest BCUT2D eigenvalue weighted by Crippen LogP contribution is 2.49. The minimum absolute atomic E-state index is 0.153. The molecule has 2 saturated carbocycles. The van der Waals surface area contributed by atoms with Crippen LogP contribution in [0.25, 0.3) is 0 Å². The minimum atomic E-state index is 0.153. The van der Waals surface area contributed by atoms with Crippen molar-refractivity contribution in [2.75, 3.05) is 19.7 Å². The molecule has 0 aromatic rings. The fourth-order valence-electron chi connectivity index (χ4n) is 4.88. The van der Waals surface area contributed by atoms with Crippen LogP contribution in [0.2, 0.25) is 0 Å². The molecule has 0 bridgehead atoms. The third-order valence-electron chi connectivity index (χ3n) is 6.00. The third-order valence-corrected chi connectivity index (χ3v) is 6.00. The van der Waals surface area contributed by atoms with Crippen molar-refractivity contribution in [1.82, 2.24) is 4.90 Å². The lowest BCUT2D eigenvalue weighted by Crippen LogP contribution is -2.67. The molecule has 1 saturated heterocycles. The van der Waals surface area contributed by atoms with E-state index in [1.165, 1.54) is 70.9 Å². The van der Waals surface area contributed by atoms with Crippen LogP contribution in [0, 0.1) is 11.3 Å². The Hall–Kier alpha value is -0.0800. The highest BCUT2D eigenvalue weighted by atomic mass is 16.3. The largest absolute Gasteiger partial charge is 0.394 e. The van der Waals surface area contributed by atoms with Crippen LogP contribution in [0.3, 0.4) is 0 Å². The summed E-state index contributed by atoms with van der Waals surface area (Å²) in [5.41, 5.74) is 0.807. The van der Waals surface area contributed by atoms with Gasteiger partial charge in [-0.25, -0.2) is 0 Å². The Labute approximate surface area is 112 Å². The number of aliphatic hydroxyl groups excluding tert-OH is 1. The van der Waals surface area contributed by atoms with Gasteiger partial charge < -0.3 is 5.11 Å². The smallest absolute Gasteiger partial charge is 0.0615 e. The Bertz CT molecular complexity index is 289. The van der Waals surface area contributed by atoms with Gasteiger partial charge in [-0.15, -0.1) is 0 Å². The summed E-state index contributed by atoms with van der Waals surface area (Å²) in [5, 5.41) is 9.94. The molecule has 3 rings (SSSR count). The SMILES string of the molecule is CC1CCCC(CO)(N2CC3(CCCCC3)C2)C1. The molecule has 0 radical (unpaired) electrons. The Morgan fingerprint density at radius 2 is 1.78 bits per heavy atom. The maximum Gasteiger partial charge on any atom is 0.0615 e. The second-order valence-corrected chi connectivity index (χ2v) is 7.50. The monoisotopic (exact) mass is 251 g/mol. The van der Waals surface area contributed by atoms with Gasteiger partial charge >= 0.3 is 0 Å². The second kappa shape index (κ2) is 4.79. The molecule has 2 atom stereocenters. The van der Waals surface area contributed by atoms with Gasteiger partial charge in [0.1, 0.15) is 0 Å². The van der Waals surface area contributed by atoms with Gasteiger partial charge in [-0.05, 0) is 37.0 Å². The van der Waals surface area contributed by atoms with E-state index in [1.54, 1.807) is 0 Å². The van der Waals surface area contributed by atoms with Crippen molar-refractivity contribution in [1.29, 1.82) is 0 Å². The van der Waals surface area contributed by atoms with E-state index in [4.69, 9.17) is 0 Å². The van der Waals surface area contributed by atoms with Gasteiger partial charge in [0.15, 0.2) is 0 Å². The Morgan fingerprint density at radius 3 is 2.39 bits per heavy atom. The molecule has 1 aliphatic heterocycles. The van der Waals surface area contributed by atoms with E-state index in [2.05, 4.69) is 11.8 Å². The molecule has 2 heteroatoms. The van der Waals surface area contributed by atoms with Crippen molar-refractivity contribution in [3.8, 4) is 0 Å². The molecule has 3 aliphatic rings. The zero-order valence-electron chi connectivity index (χ0n) is 12.0. The van der Waals surface area contributed by atoms with Gasteiger partial charge in [-0.2, -0.15) is 0 Å². The molecule has 2 aliphatic carbocycles. The first-order chi connectivity index (χ1) is 8.68. The quantitative estimate of drug-likeness (QED) is 0.814. The van der Waals surface area contributed by atoms with Crippen LogP contribution in [-0.4, -0.2) is 35.2 Å². The Balaban J connectivity index is 1.64. The summed E-state index contributed by atoms with van der Waals surface area (Å²) in [6.07, 6.45) is 12.3. The third kappa shape index (κ3) is 2.12. The van der Waals surface area contributed by atoms with Crippen molar-refractivity contribution < 1.29 is 5.11 Å². The van der Waals surface area contributed by atoms with Crippen LogP contribution in [0.15, 0.2) is 0 Å². The summed E-state index contributed by atoms with van der Waals surface area (Å²) in [4.78, 5) is 2.65. The molecule has 1 heterocycles. The molecule has 2 nitrogen and oxygen atoms in total. The molecular weight excluding hydrogens is 222 g/mol. The zero-order chi connectivity index (χ0) is 12.6. The van der Waals surface area contributed by atoms with Gasteiger partial charge in [0.2, 0.25) is 0 Å². The predicted octanol–water partition coefficient (Wildman–Crippen LogP) is 3.19. The van der Waals surface area contributed by atoms with Crippen LogP contribution < -0.4 is 0 Å². The van der Waals surface area contributed by atoms with Gasteiger partial charge in [0.05, 0.1) is 6.61 Å². The van der Waals surface area contributed by atoms with Crippen LogP contribution in [0.5, 0.6) is 0 Å². The topological polar surface area (TPSA) is 23.5 Å². The molecule has 3 fully saturated rings. The second-order valence-electron chi connectivity index (χ2n) is 7.50. The molecule has 1 spiro atoms. The van der Waals surface area contributed by atoms with Gasteiger partial charge in [0.25, 0.3) is 0 Å². The van der Waals surface area contributed by atoms with E-state index in [9.17, 15) is 5.11 Å². The average molecular weight is 251 g/mol. The van der Waals surface area contributed by atoms with Crippen molar-refractivity contribution >= 4 is 0 Å². The zero-order valence-corrected chi connectivity index (χ0v) is 12.0. The van der Waals surface area contributed by atoms with E-state index >= 15 is 0 Å². The number of hydrogen-bond donors (Lipinski definition) is 1. The minimum Gasteiger partial charge on any atom is -0.394 e. The maximum absolute atomic E-state index is 9.94. The Kier molecular flexibility index (Phi) is 3.44. The van der Waals surface area contributed by atoms with E-state index in [0.29, 0.717) is 12.0 Å². The van der Waals surface area contributed by atoms with Crippen molar-refractivity contribution in [3.63, 3.8) is 0 Å². The molecule has 18 heavy (non-hydrogen) atoms. The average Bonchev–Trinajstić information content (AvgIpc) is 2.36. The molecular formula is C16H29NO. The first-order valence-electron chi connectivity index (χ1n) is 8.04. The lowest BCUT2D eigenvalue weighted by atomic mass is 9.64. The molecule has 0 aromatic heterocycles. The van der Waals surface area contributed by atoms with Crippen LogP contribution in [0.4, 0.5) is 0 Å². The number of rotatable bonds is 2. The summed E-state index contributed by atoms with van der Waals surface area (Å²) in [6.45, 7) is 5.30. The Morgan fingerprint density at radius 1 is 1.06 bits per heavy atom. The predicted molar refractivity (Wildman–Crippen MR) is 74.5 cm³/mol. The van der Waals surface area contributed by atoms with Crippen molar-refractivity contribution in [3.05, 3.63) is 0 Å². The fourth-order valence-corrected chi connectivity index (χ4v) is 4.88. The van der Waals surface area contributed by atoms with Crippen LogP contribution in [0.1, 0.15) is 64.7 Å². The molecule has 1 N–H and O–H groups in total. The lowest BCUT2D eigenvalue weighted by molar-refractivity contribution is -0.130. The van der Waals surface area contributed by atoms with Crippen LogP contribution >= 0.6 is 0 Å². The van der Waals surface area contributed by atoms with Gasteiger partial charge in [0, 0.05) is 18.6 Å². The highest BCUT2D eigenvalue weighted by Gasteiger charge is 2.51. The first kappa shape index (κ1) is 12.9. The summed E-state index contributed by atoms with van der Waals surface area (Å²) in [6, 6.07) is 0. The summed E-state index contributed by atoms with van der Waals surface area (Å²) in [5.74, 6) is 0.800. The van der Waals surface area contributed by atoms with Gasteiger partial charge in [-0.1, -0.05) is 39.0 Å². The van der Waals surface area contributed by atoms with E-state index < -0.39 is 0 Å². The summed E-state index contributed by atoms with van der Waals surface area (Å²) in [7, 11) is 0. The number of aliphatic hydroxyl groups is 1. The normalized spacial score (nSPS) is 40.7. The van der Waals surface area contributed by atoms with E-state index in [-0.39, 0.29) is 5.54 Å². The van der Waals surface area contributed by atoms with Crippen molar-refractivity contribution in [2.45, 2.75) is 70.3 Å². The maximum atomic E-state index is 9.94. The number of hydrogen-bond acceptors (Lipinski definition) is 2. The lowest BCUT2D eigenvalue weighted by Gasteiger charge is -2.61. The van der Waals surface area contributed by atoms with Crippen LogP contribution in [-0.2, 0) is 0 Å². The van der Waals surface area contributed by atoms with E-state index in [1.807, 2.05) is 0 Å². The van der Waals surface area contributed by atoms with E-state index in [0.717, 1.165) is 5.92 Å². The summed E-state index contributed by atoms with van der Waals surface area (Å²) < 4.78 is 0. The highest BCUT2D eigenvalue weighted by molar-refractivity contribution is 5.06. The fraction of sp³-hybridized carbons (Fsp3) is 1.00. The molecule has 0 amide bonds. The van der Waals surface area contributed by atoms with Crippen molar-refractivity contribution in [2.24, 2.45) is 11.3 Å².